The number of esters is 1. The predicted molar refractivity (Wildman–Crippen MR) is 175 cm³/mol. The van der Waals surface area contributed by atoms with E-state index in [1.165, 1.54) is 6.07 Å². The van der Waals surface area contributed by atoms with Crippen molar-refractivity contribution in [2.24, 2.45) is 0 Å². The number of hydrogen-bond acceptors (Lipinski definition) is 7. The number of phenols is 1. The van der Waals surface area contributed by atoms with Crippen molar-refractivity contribution in [2.75, 3.05) is 0 Å². The van der Waals surface area contributed by atoms with Crippen LogP contribution in [0.1, 0.15) is 6.92 Å². The fourth-order valence-corrected chi connectivity index (χ4v) is 4.84. The summed E-state index contributed by atoms with van der Waals surface area (Å²) in [5.41, 5.74) is 6.35. The van der Waals surface area contributed by atoms with Crippen molar-refractivity contribution in [3.05, 3.63) is 140 Å². The molecule has 45 heavy (non-hydrogen) atoms. The first-order chi connectivity index (χ1) is 22.0. The molecule has 220 valence electrons. The van der Waals surface area contributed by atoms with Gasteiger partial charge in [-0.1, -0.05) is 116 Å². The molecule has 7 nitrogen and oxygen atoms in total. The van der Waals surface area contributed by atoms with E-state index in [2.05, 4.69) is 30.8 Å². The highest BCUT2D eigenvalue weighted by Gasteiger charge is 2.19. The molecule has 0 saturated heterocycles. The molecule has 1 aromatic heterocycles. The van der Waals surface area contributed by atoms with E-state index >= 15 is 0 Å². The number of carbonyl (C=O) groups is 1. The minimum absolute atomic E-state index is 0.112. The second-order valence-electron chi connectivity index (χ2n) is 10.2. The number of aromatic nitrogens is 3. The van der Waals surface area contributed by atoms with Crippen LogP contribution in [0.5, 0.6) is 11.5 Å². The third kappa shape index (κ3) is 6.63. The lowest BCUT2D eigenvalue weighted by atomic mass is 10.0. The number of aromatic hydroxyl groups is 1. The van der Waals surface area contributed by atoms with Gasteiger partial charge in [0.1, 0.15) is 11.5 Å². The molecule has 0 spiro atoms. The second kappa shape index (κ2) is 13.1. The van der Waals surface area contributed by atoms with Gasteiger partial charge in [0.25, 0.3) is 0 Å². The van der Waals surface area contributed by atoms with Gasteiger partial charge in [-0.05, 0) is 41.3 Å². The lowest BCUT2D eigenvalue weighted by Gasteiger charge is -2.14. The molecular formula is C38H29N3O4. The number of phenolic OH excluding ortho intramolecular Hbond substituents is 1. The Kier molecular flexibility index (Phi) is 8.42. The molecule has 0 aliphatic carbocycles. The van der Waals surface area contributed by atoms with Gasteiger partial charge in [-0.25, -0.2) is 19.7 Å². The van der Waals surface area contributed by atoms with Gasteiger partial charge in [-0.15, -0.1) is 0 Å². The van der Waals surface area contributed by atoms with Crippen molar-refractivity contribution >= 4 is 5.97 Å². The summed E-state index contributed by atoms with van der Waals surface area (Å²) in [4.78, 5) is 26.3. The Labute approximate surface area is 261 Å². The third-order valence-electron chi connectivity index (χ3n) is 7.19. The van der Waals surface area contributed by atoms with Crippen molar-refractivity contribution < 1.29 is 19.4 Å². The molecule has 1 unspecified atom stereocenters. The smallest absolute Gasteiger partial charge is 0.351 e. The van der Waals surface area contributed by atoms with Crippen molar-refractivity contribution in [1.29, 1.82) is 0 Å². The van der Waals surface area contributed by atoms with Gasteiger partial charge in [0, 0.05) is 17.2 Å². The second-order valence-corrected chi connectivity index (χ2v) is 10.2. The van der Waals surface area contributed by atoms with Crippen LogP contribution in [0.15, 0.2) is 140 Å². The molecule has 6 rings (SSSR count). The van der Waals surface area contributed by atoms with E-state index < -0.39 is 12.1 Å². The predicted octanol–water partition coefficient (Wildman–Crippen LogP) is 8.37. The van der Waals surface area contributed by atoms with E-state index in [4.69, 9.17) is 24.4 Å². The zero-order valence-electron chi connectivity index (χ0n) is 24.5. The maximum atomic E-state index is 12.0. The number of benzene rings is 5. The van der Waals surface area contributed by atoms with Crippen LogP contribution in [0, 0.1) is 0 Å². The first-order valence-electron chi connectivity index (χ1n) is 14.4. The average molecular weight is 592 g/mol. The molecule has 7 heteroatoms. The first-order valence-corrected chi connectivity index (χ1v) is 14.4. The first kappa shape index (κ1) is 29.0. The van der Waals surface area contributed by atoms with E-state index in [-0.39, 0.29) is 17.3 Å². The van der Waals surface area contributed by atoms with Gasteiger partial charge in [0.15, 0.2) is 23.6 Å². The van der Waals surface area contributed by atoms with E-state index in [0.717, 1.165) is 39.6 Å². The highest BCUT2D eigenvalue weighted by atomic mass is 16.6. The maximum Gasteiger partial charge on any atom is 0.351 e. The Morgan fingerprint density at radius 2 is 1.09 bits per heavy atom. The lowest BCUT2D eigenvalue weighted by molar-refractivity contribution is -0.145. The van der Waals surface area contributed by atoms with Crippen LogP contribution in [0.2, 0.25) is 0 Å². The molecule has 0 aliphatic rings. The zero-order chi connectivity index (χ0) is 31.2. The van der Waals surface area contributed by atoms with Gasteiger partial charge in [0.05, 0.1) is 11.8 Å². The van der Waals surface area contributed by atoms with Gasteiger partial charge < -0.3 is 14.6 Å². The fraction of sp³-hybridized carbons (Fsp3) is 0.0526. The summed E-state index contributed by atoms with van der Waals surface area (Å²) >= 11 is 0. The van der Waals surface area contributed by atoms with Crippen molar-refractivity contribution in [3.8, 4) is 67.9 Å². The topological polar surface area (TPSA) is 94.4 Å². The quantitative estimate of drug-likeness (QED) is 0.133. The number of rotatable bonds is 9. The van der Waals surface area contributed by atoms with Gasteiger partial charge in [0.2, 0.25) is 0 Å². The van der Waals surface area contributed by atoms with Crippen LogP contribution < -0.4 is 4.74 Å². The molecule has 6 aromatic rings. The Morgan fingerprint density at radius 1 is 0.644 bits per heavy atom. The molecule has 0 bridgehead atoms. The molecule has 1 heterocycles. The molecule has 0 saturated carbocycles. The summed E-state index contributed by atoms with van der Waals surface area (Å²) in [6.07, 6.45) is 0.143. The highest BCUT2D eigenvalue weighted by Crippen LogP contribution is 2.34. The SMILES string of the molecule is C=COC(=O)C(C)Oc1ccc(-c2nc(-c3ccc(-c4ccccc4)cc3)nc(-c3ccc(-c4ccccc4)cc3)n2)c(O)c1. The van der Waals surface area contributed by atoms with E-state index in [1.54, 1.807) is 19.1 Å². The minimum Gasteiger partial charge on any atom is -0.507 e. The van der Waals surface area contributed by atoms with Crippen LogP contribution in [0.4, 0.5) is 0 Å². The molecular weight excluding hydrogens is 562 g/mol. The molecule has 0 amide bonds. The van der Waals surface area contributed by atoms with Crippen molar-refractivity contribution in [1.82, 2.24) is 15.0 Å². The maximum absolute atomic E-state index is 12.0. The largest absolute Gasteiger partial charge is 0.507 e. The monoisotopic (exact) mass is 591 g/mol. The Hall–Kier alpha value is -6.08. The number of nitrogens with zero attached hydrogens (tertiary/aromatic N) is 3. The molecule has 0 aliphatic heterocycles. The van der Waals surface area contributed by atoms with E-state index in [9.17, 15) is 9.90 Å². The van der Waals surface area contributed by atoms with Crippen molar-refractivity contribution in [3.63, 3.8) is 0 Å². The average Bonchev–Trinajstić information content (AvgIpc) is 3.09. The van der Waals surface area contributed by atoms with Gasteiger partial charge in [-0.2, -0.15) is 0 Å². The summed E-state index contributed by atoms with van der Waals surface area (Å²) in [7, 11) is 0. The molecule has 1 N–H and O–H groups in total. The Morgan fingerprint density at radius 3 is 1.56 bits per heavy atom. The molecule has 1 atom stereocenters. The normalized spacial score (nSPS) is 11.4. The standard InChI is InChI=1S/C38H29N3O4/c1-3-44-38(43)25(2)45-32-22-23-33(34(42)24-32)37-40-35(30-18-14-28(15-19-30)26-10-6-4-7-11-26)39-36(41-37)31-20-16-29(17-21-31)27-12-8-5-9-13-27/h3-25,42H,1H2,2H3. The van der Waals surface area contributed by atoms with Crippen LogP contribution in [-0.2, 0) is 9.53 Å². The fourth-order valence-electron chi connectivity index (χ4n) is 4.84. The molecule has 0 radical (unpaired) electrons. The highest BCUT2D eigenvalue weighted by molar-refractivity contribution is 5.76. The summed E-state index contributed by atoms with van der Waals surface area (Å²) < 4.78 is 10.4. The Bertz CT molecular complexity index is 1840. The van der Waals surface area contributed by atoms with E-state index in [1.807, 2.05) is 84.9 Å². The van der Waals surface area contributed by atoms with Gasteiger partial charge >= 0.3 is 5.97 Å². The molecule has 5 aromatic carbocycles. The summed E-state index contributed by atoms with van der Waals surface area (Å²) in [6.45, 7) is 4.93. The van der Waals surface area contributed by atoms with Crippen LogP contribution in [-0.4, -0.2) is 32.1 Å². The Balaban J connectivity index is 1.38. The van der Waals surface area contributed by atoms with Crippen LogP contribution in [0.25, 0.3) is 56.4 Å². The summed E-state index contributed by atoms with van der Waals surface area (Å²) in [5, 5.41) is 11.0. The minimum atomic E-state index is -0.902. The van der Waals surface area contributed by atoms with Crippen LogP contribution in [0.3, 0.4) is 0 Å². The van der Waals surface area contributed by atoms with Crippen molar-refractivity contribution in [2.45, 2.75) is 13.0 Å². The van der Waals surface area contributed by atoms with Crippen LogP contribution >= 0.6 is 0 Å². The molecule has 0 fully saturated rings. The van der Waals surface area contributed by atoms with E-state index in [0.29, 0.717) is 17.2 Å². The third-order valence-corrected chi connectivity index (χ3v) is 7.19. The van der Waals surface area contributed by atoms with Gasteiger partial charge in [-0.3, -0.25) is 0 Å². The lowest BCUT2D eigenvalue weighted by Crippen LogP contribution is -2.24. The zero-order valence-corrected chi connectivity index (χ0v) is 24.5. The number of carbonyl (C=O) groups excluding carboxylic acids is 1. The number of hydrogen-bond donors (Lipinski definition) is 1. The number of ether oxygens (including phenoxy) is 2. The summed E-state index contributed by atoms with van der Waals surface area (Å²) in [6, 6.07) is 41.0. The summed E-state index contributed by atoms with van der Waals surface area (Å²) in [5.74, 6) is 0.782.